The van der Waals surface area contributed by atoms with E-state index < -0.39 is 17.7 Å². The number of Topliss-reactive ketones (excluding diaryl/α,β-unsaturated/α-hetero) is 1. The molecule has 0 aromatic heterocycles. The Kier molecular flexibility index (Phi) is 9.27. The quantitative estimate of drug-likeness (QED) is 0.377. The molecule has 0 aliphatic rings. The average molecular weight is 464 g/mol. The zero-order chi connectivity index (χ0) is 23.7. The van der Waals surface area contributed by atoms with E-state index in [9.17, 15) is 9.59 Å². The van der Waals surface area contributed by atoms with Gasteiger partial charge in [-0.15, -0.1) is 0 Å². The number of methoxy groups -OCH3 is 2. The van der Waals surface area contributed by atoms with E-state index in [0.717, 1.165) is 0 Å². The molecule has 1 N–H and O–H groups in total. The van der Waals surface area contributed by atoms with Crippen LogP contribution in [0.4, 0.5) is 11.4 Å². The Labute approximate surface area is 191 Å². The molecule has 2 aromatic carbocycles. The van der Waals surface area contributed by atoms with Crippen molar-refractivity contribution in [2.75, 3.05) is 32.8 Å². The molecule has 2 aromatic rings. The van der Waals surface area contributed by atoms with Crippen molar-refractivity contribution >= 4 is 34.7 Å². The predicted octanol–water partition coefficient (Wildman–Crippen LogP) is 4.83. The Morgan fingerprint density at radius 2 is 1.59 bits per heavy atom. The summed E-state index contributed by atoms with van der Waals surface area (Å²) in [7, 11) is 3.00. The number of hydrogen-bond donors (Lipinski definition) is 1. The summed E-state index contributed by atoms with van der Waals surface area (Å²) in [5.41, 5.74) is 0.619. The van der Waals surface area contributed by atoms with E-state index >= 15 is 0 Å². The van der Waals surface area contributed by atoms with Crippen molar-refractivity contribution in [3.8, 4) is 23.0 Å². The van der Waals surface area contributed by atoms with Crippen LogP contribution >= 0.6 is 11.6 Å². The minimum atomic E-state index is -1.39. The van der Waals surface area contributed by atoms with Crippen LogP contribution < -0.4 is 24.3 Å². The van der Waals surface area contributed by atoms with Crippen LogP contribution in [0.15, 0.2) is 40.6 Å². The minimum Gasteiger partial charge on any atom is -0.497 e. The van der Waals surface area contributed by atoms with Gasteiger partial charge >= 0.3 is 0 Å². The lowest BCUT2D eigenvalue weighted by molar-refractivity contribution is -0.126. The number of carbonyl (C=O) groups excluding carboxylic acids is 2. The van der Waals surface area contributed by atoms with Gasteiger partial charge in [-0.1, -0.05) is 11.6 Å². The molecular weight excluding hydrogens is 438 g/mol. The maximum atomic E-state index is 12.9. The fourth-order valence-electron chi connectivity index (χ4n) is 2.70. The number of nitrogens with one attached hydrogen (secondary N) is 1. The molecule has 1 amide bonds. The third-order valence-corrected chi connectivity index (χ3v) is 4.41. The van der Waals surface area contributed by atoms with E-state index in [0.29, 0.717) is 36.1 Å². The van der Waals surface area contributed by atoms with Crippen molar-refractivity contribution in [3.63, 3.8) is 0 Å². The maximum Gasteiger partial charge on any atom is 0.258 e. The molecule has 1 unspecified atom stereocenters. The molecule has 2 rings (SSSR count). The van der Waals surface area contributed by atoms with Gasteiger partial charge in [0, 0.05) is 30.3 Å². The molecule has 32 heavy (non-hydrogen) atoms. The first-order valence-corrected chi connectivity index (χ1v) is 10.2. The first-order chi connectivity index (χ1) is 15.3. The number of anilines is 1. The Bertz CT molecular complexity index is 974. The molecule has 172 valence electrons. The van der Waals surface area contributed by atoms with Gasteiger partial charge in [-0.25, -0.2) is 0 Å². The lowest BCUT2D eigenvalue weighted by Crippen LogP contribution is -2.32. The summed E-state index contributed by atoms with van der Waals surface area (Å²) in [4.78, 5) is 25.0. The fourth-order valence-corrected chi connectivity index (χ4v) is 2.96. The number of halogens is 1. The van der Waals surface area contributed by atoms with Gasteiger partial charge in [-0.3, -0.25) is 9.59 Å². The first-order valence-electron chi connectivity index (χ1n) is 9.87. The second kappa shape index (κ2) is 11.9. The summed E-state index contributed by atoms with van der Waals surface area (Å²) < 4.78 is 21.4. The Morgan fingerprint density at radius 1 is 0.969 bits per heavy atom. The second-order valence-electron chi connectivity index (χ2n) is 6.44. The van der Waals surface area contributed by atoms with E-state index in [1.165, 1.54) is 21.1 Å². The Balaban J connectivity index is 2.33. The number of hydrogen-bond acceptors (Lipinski definition) is 8. The highest BCUT2D eigenvalue weighted by Crippen LogP contribution is 2.38. The molecule has 0 spiro atoms. The van der Waals surface area contributed by atoms with E-state index in [1.54, 1.807) is 37.3 Å². The molecule has 0 fully saturated rings. The molecular formula is C22H26ClN3O6. The predicted molar refractivity (Wildman–Crippen MR) is 121 cm³/mol. The van der Waals surface area contributed by atoms with Crippen molar-refractivity contribution in [1.29, 1.82) is 0 Å². The fraction of sp³-hybridized carbons (Fsp3) is 0.364. The van der Waals surface area contributed by atoms with Crippen molar-refractivity contribution in [1.82, 2.24) is 0 Å². The summed E-state index contributed by atoms with van der Waals surface area (Å²) in [5, 5.41) is 10.9. The summed E-state index contributed by atoms with van der Waals surface area (Å²) in [6.07, 6.45) is 0. The highest BCUT2D eigenvalue weighted by atomic mass is 35.5. The monoisotopic (exact) mass is 463 g/mol. The van der Waals surface area contributed by atoms with E-state index in [2.05, 4.69) is 15.5 Å². The Morgan fingerprint density at radius 3 is 2.12 bits per heavy atom. The molecule has 0 saturated heterocycles. The molecule has 0 aliphatic heterocycles. The lowest BCUT2D eigenvalue weighted by atomic mass is 10.2. The Hall–Kier alpha value is -3.33. The van der Waals surface area contributed by atoms with E-state index in [-0.39, 0.29) is 16.5 Å². The number of carbonyl (C=O) groups is 2. The topological polar surface area (TPSA) is 108 Å². The van der Waals surface area contributed by atoms with Crippen LogP contribution in [0, 0.1) is 0 Å². The largest absolute Gasteiger partial charge is 0.497 e. The van der Waals surface area contributed by atoms with Crippen LogP contribution in [-0.2, 0) is 9.59 Å². The SMILES string of the molecule is CCOc1cc(Cl)c(OCC)c(NC(=O)C(N=Nc2cc(OC)cc(OC)c2)C(C)=O)c1. The molecule has 9 nitrogen and oxygen atoms in total. The van der Waals surface area contributed by atoms with Gasteiger partial charge in [0.1, 0.15) is 17.2 Å². The number of rotatable bonds is 11. The third kappa shape index (κ3) is 6.58. The zero-order valence-electron chi connectivity index (χ0n) is 18.6. The smallest absolute Gasteiger partial charge is 0.258 e. The first kappa shape index (κ1) is 24.9. The van der Waals surface area contributed by atoms with Crippen LogP contribution in [-0.4, -0.2) is 45.2 Å². The number of amides is 1. The molecule has 0 heterocycles. The van der Waals surface area contributed by atoms with Gasteiger partial charge in [0.25, 0.3) is 5.91 Å². The second-order valence-corrected chi connectivity index (χ2v) is 6.84. The summed E-state index contributed by atoms with van der Waals surface area (Å²) >= 11 is 6.28. The number of ketones is 1. The number of ether oxygens (including phenoxy) is 4. The van der Waals surface area contributed by atoms with Crippen LogP contribution in [0.2, 0.25) is 5.02 Å². The van der Waals surface area contributed by atoms with Crippen molar-refractivity contribution in [2.45, 2.75) is 26.8 Å². The van der Waals surface area contributed by atoms with Crippen LogP contribution in [0.3, 0.4) is 0 Å². The average Bonchev–Trinajstić information content (AvgIpc) is 2.76. The van der Waals surface area contributed by atoms with Gasteiger partial charge in [-0.05, 0) is 20.8 Å². The zero-order valence-corrected chi connectivity index (χ0v) is 19.4. The van der Waals surface area contributed by atoms with Crippen molar-refractivity contribution < 1.29 is 28.5 Å². The third-order valence-electron chi connectivity index (χ3n) is 4.13. The molecule has 0 bridgehead atoms. The van der Waals surface area contributed by atoms with Crippen LogP contribution in [0.25, 0.3) is 0 Å². The summed E-state index contributed by atoms with van der Waals surface area (Å²) in [6, 6.07) is 6.62. The van der Waals surface area contributed by atoms with Crippen molar-refractivity contribution in [3.05, 3.63) is 35.4 Å². The highest BCUT2D eigenvalue weighted by Gasteiger charge is 2.25. The highest BCUT2D eigenvalue weighted by molar-refractivity contribution is 6.33. The summed E-state index contributed by atoms with van der Waals surface area (Å²) in [5.74, 6) is 0.508. The standard InChI is InChI=1S/C22H26ClN3O6/c1-6-31-17-11-18(23)21(32-7-2)19(12-17)24-22(28)20(13(3)27)26-25-14-8-15(29-4)10-16(9-14)30-5/h8-12,20H,6-7H2,1-5H3,(H,24,28). The van der Waals surface area contributed by atoms with Gasteiger partial charge < -0.3 is 24.3 Å². The van der Waals surface area contributed by atoms with Crippen molar-refractivity contribution in [2.24, 2.45) is 10.2 Å². The van der Waals surface area contributed by atoms with Gasteiger partial charge in [-0.2, -0.15) is 10.2 Å². The van der Waals surface area contributed by atoms with Gasteiger partial charge in [0.2, 0.25) is 6.04 Å². The molecule has 1 atom stereocenters. The van der Waals surface area contributed by atoms with E-state index in [1.807, 2.05) is 6.92 Å². The normalized spacial score (nSPS) is 11.7. The lowest BCUT2D eigenvalue weighted by Gasteiger charge is -2.16. The van der Waals surface area contributed by atoms with Gasteiger partial charge in [0.15, 0.2) is 11.5 Å². The van der Waals surface area contributed by atoms with Crippen LogP contribution in [0.5, 0.6) is 23.0 Å². The minimum absolute atomic E-state index is 0.261. The van der Waals surface area contributed by atoms with Gasteiger partial charge in [0.05, 0.1) is 43.8 Å². The van der Waals surface area contributed by atoms with E-state index in [4.69, 9.17) is 30.5 Å². The molecule has 10 heteroatoms. The number of benzene rings is 2. The summed E-state index contributed by atoms with van der Waals surface area (Å²) in [6.45, 7) is 5.59. The maximum absolute atomic E-state index is 12.9. The molecule has 0 saturated carbocycles. The molecule has 0 aliphatic carbocycles. The molecule has 0 radical (unpaired) electrons. The number of nitrogens with zero attached hydrogens (tertiary/aromatic N) is 2. The van der Waals surface area contributed by atoms with Crippen LogP contribution in [0.1, 0.15) is 20.8 Å². The number of azo groups is 1.